The smallest absolute Gasteiger partial charge is 0.165 e. The molecule has 27 heavy (non-hydrogen) atoms. The summed E-state index contributed by atoms with van der Waals surface area (Å²) < 4.78 is 4.41. The van der Waals surface area contributed by atoms with Gasteiger partial charge in [0.05, 0.1) is 11.9 Å². The summed E-state index contributed by atoms with van der Waals surface area (Å²) in [4.78, 5) is 4.96. The largest absolute Gasteiger partial charge is 0.329 e. The maximum absolute atomic E-state index is 4.96. The molecule has 1 aromatic carbocycles. The lowest BCUT2D eigenvalue weighted by Crippen LogP contribution is -2.09. The maximum Gasteiger partial charge on any atom is 0.165 e. The van der Waals surface area contributed by atoms with Crippen molar-refractivity contribution in [3.05, 3.63) is 53.0 Å². The monoisotopic (exact) mass is 360 g/mol. The minimum atomic E-state index is 0.475. The van der Waals surface area contributed by atoms with Crippen LogP contribution >= 0.6 is 0 Å². The van der Waals surface area contributed by atoms with Crippen molar-refractivity contribution in [2.45, 2.75) is 60.4 Å². The average Bonchev–Trinajstić information content (AvgIpc) is 3.21. The van der Waals surface area contributed by atoms with E-state index in [9.17, 15) is 0 Å². The van der Waals surface area contributed by atoms with Crippen LogP contribution in [0.3, 0.4) is 0 Å². The van der Waals surface area contributed by atoms with Gasteiger partial charge in [-0.05, 0) is 63.3 Å². The van der Waals surface area contributed by atoms with E-state index in [0.717, 1.165) is 35.4 Å². The van der Waals surface area contributed by atoms with Crippen molar-refractivity contribution in [3.8, 4) is 11.1 Å². The lowest BCUT2D eigenvalue weighted by Gasteiger charge is -2.17. The summed E-state index contributed by atoms with van der Waals surface area (Å²) in [5.41, 5.74) is 9.37. The van der Waals surface area contributed by atoms with E-state index in [1.807, 2.05) is 10.7 Å². The van der Waals surface area contributed by atoms with Crippen LogP contribution in [0.4, 0.5) is 0 Å². The molecule has 0 atom stereocenters. The number of fused-ring (bicyclic) bond motifs is 3. The van der Waals surface area contributed by atoms with Crippen LogP contribution in [0.5, 0.6) is 0 Å². The maximum atomic E-state index is 4.96. The van der Waals surface area contributed by atoms with Crippen LogP contribution in [0.2, 0.25) is 0 Å². The molecule has 3 aromatic heterocycles. The first kappa shape index (κ1) is 17.8. The lowest BCUT2D eigenvalue weighted by molar-refractivity contribution is 0.481. The quantitative estimate of drug-likeness (QED) is 0.451. The van der Waals surface area contributed by atoms with Gasteiger partial charge in [-0.1, -0.05) is 31.5 Å². The number of nitrogens with zero attached hydrogens (tertiary/aromatic N) is 4. The van der Waals surface area contributed by atoms with Crippen molar-refractivity contribution < 1.29 is 0 Å². The second-order valence-electron chi connectivity index (χ2n) is 7.70. The molecule has 4 nitrogen and oxygen atoms in total. The Labute approximate surface area is 160 Å². The fourth-order valence-corrected chi connectivity index (χ4v) is 4.53. The molecule has 0 aliphatic carbocycles. The zero-order chi connectivity index (χ0) is 19.3. The normalized spacial score (nSPS) is 12.0. The molecule has 0 fully saturated rings. The second kappa shape index (κ2) is 6.52. The number of aryl methyl sites for hydroxylation is 4. The molecule has 140 valence electrons. The van der Waals surface area contributed by atoms with E-state index < -0.39 is 0 Å². The minimum absolute atomic E-state index is 0.475. The Kier molecular flexibility index (Phi) is 4.29. The van der Waals surface area contributed by atoms with E-state index in [0.29, 0.717) is 6.04 Å². The fourth-order valence-electron chi connectivity index (χ4n) is 4.53. The Hall–Kier alpha value is -2.62. The minimum Gasteiger partial charge on any atom is -0.329 e. The summed E-state index contributed by atoms with van der Waals surface area (Å²) in [7, 11) is 0. The van der Waals surface area contributed by atoms with Crippen molar-refractivity contribution in [1.82, 2.24) is 19.2 Å². The Morgan fingerprint density at radius 1 is 1.00 bits per heavy atom. The van der Waals surface area contributed by atoms with Gasteiger partial charge in [-0.25, -0.2) is 4.98 Å². The molecule has 4 rings (SSSR count). The molecule has 4 aromatic rings. The molecule has 0 aliphatic heterocycles. The SMILES string of the molecule is CCC(CC)n1ccc2c(C)nc3c(-c4c(C)cc(C)cc4C)cnn3c21. The third-order valence-corrected chi connectivity index (χ3v) is 5.78. The van der Waals surface area contributed by atoms with Crippen LogP contribution in [0.1, 0.15) is 55.1 Å². The van der Waals surface area contributed by atoms with E-state index in [1.54, 1.807) is 0 Å². The first-order valence-corrected chi connectivity index (χ1v) is 9.89. The number of rotatable bonds is 4. The van der Waals surface area contributed by atoms with Gasteiger partial charge in [0.2, 0.25) is 0 Å². The molecular formula is C23H28N4. The molecule has 0 aliphatic rings. The lowest BCUT2D eigenvalue weighted by atomic mass is 9.95. The molecule has 0 amide bonds. The number of benzene rings is 1. The third kappa shape index (κ3) is 2.66. The Morgan fingerprint density at radius 2 is 1.67 bits per heavy atom. The van der Waals surface area contributed by atoms with Crippen molar-refractivity contribution in [1.29, 1.82) is 0 Å². The van der Waals surface area contributed by atoms with Crippen LogP contribution in [0.15, 0.2) is 30.6 Å². The molecule has 4 heteroatoms. The molecule has 0 radical (unpaired) electrons. The van der Waals surface area contributed by atoms with Gasteiger partial charge >= 0.3 is 0 Å². The summed E-state index contributed by atoms with van der Waals surface area (Å²) in [5.74, 6) is 0. The predicted octanol–water partition coefficient (Wildman–Crippen LogP) is 5.95. The highest BCUT2D eigenvalue weighted by Crippen LogP contribution is 2.34. The van der Waals surface area contributed by atoms with Crippen molar-refractivity contribution >= 4 is 16.7 Å². The van der Waals surface area contributed by atoms with E-state index in [1.165, 1.54) is 27.6 Å². The highest BCUT2D eigenvalue weighted by atomic mass is 15.3. The standard InChI is InChI=1S/C23H28N4/c1-7-18(8-2)26-10-9-19-17(6)25-22-20(13-24-27(22)23(19)26)21-15(4)11-14(3)12-16(21)5/h9-13,18H,7-8H2,1-6H3. The molecule has 0 N–H and O–H groups in total. The first-order valence-electron chi connectivity index (χ1n) is 9.89. The highest BCUT2D eigenvalue weighted by Gasteiger charge is 2.19. The molecule has 0 bridgehead atoms. The number of hydrogen-bond acceptors (Lipinski definition) is 2. The molecular weight excluding hydrogens is 332 g/mol. The third-order valence-electron chi connectivity index (χ3n) is 5.78. The molecule has 0 saturated carbocycles. The summed E-state index contributed by atoms with van der Waals surface area (Å²) in [6, 6.07) is 7.14. The predicted molar refractivity (Wildman–Crippen MR) is 112 cm³/mol. The van der Waals surface area contributed by atoms with Crippen LogP contribution in [-0.2, 0) is 0 Å². The molecule has 0 spiro atoms. The van der Waals surface area contributed by atoms with E-state index >= 15 is 0 Å². The van der Waals surface area contributed by atoms with Gasteiger partial charge in [-0.3, -0.25) is 0 Å². The number of aromatic nitrogens is 4. The summed E-state index contributed by atoms with van der Waals surface area (Å²) >= 11 is 0. The van der Waals surface area contributed by atoms with Crippen LogP contribution in [0, 0.1) is 27.7 Å². The zero-order valence-corrected chi connectivity index (χ0v) is 17.2. The van der Waals surface area contributed by atoms with E-state index in [4.69, 9.17) is 10.1 Å². The van der Waals surface area contributed by atoms with Crippen molar-refractivity contribution in [2.24, 2.45) is 0 Å². The Morgan fingerprint density at radius 3 is 2.30 bits per heavy atom. The van der Waals surface area contributed by atoms with Gasteiger partial charge in [0.15, 0.2) is 5.65 Å². The summed E-state index contributed by atoms with van der Waals surface area (Å²) in [6.45, 7) is 13.1. The zero-order valence-electron chi connectivity index (χ0n) is 17.2. The van der Waals surface area contributed by atoms with E-state index in [-0.39, 0.29) is 0 Å². The van der Waals surface area contributed by atoms with Gasteiger partial charge < -0.3 is 4.57 Å². The van der Waals surface area contributed by atoms with Gasteiger partial charge in [0.1, 0.15) is 5.65 Å². The molecule has 0 unspecified atom stereocenters. The van der Waals surface area contributed by atoms with Gasteiger partial charge in [-0.15, -0.1) is 0 Å². The van der Waals surface area contributed by atoms with Crippen LogP contribution < -0.4 is 0 Å². The van der Waals surface area contributed by atoms with Gasteiger partial charge in [0.25, 0.3) is 0 Å². The molecule has 3 heterocycles. The van der Waals surface area contributed by atoms with Gasteiger partial charge in [-0.2, -0.15) is 9.61 Å². The molecule has 0 saturated heterocycles. The average molecular weight is 361 g/mol. The van der Waals surface area contributed by atoms with Crippen LogP contribution in [0.25, 0.3) is 27.8 Å². The van der Waals surface area contributed by atoms with Crippen molar-refractivity contribution in [2.75, 3.05) is 0 Å². The second-order valence-corrected chi connectivity index (χ2v) is 7.70. The van der Waals surface area contributed by atoms with E-state index in [2.05, 4.69) is 70.5 Å². The first-order chi connectivity index (χ1) is 13.0. The number of hydrogen-bond donors (Lipinski definition) is 0. The fraction of sp³-hybridized carbons (Fsp3) is 0.391. The summed E-state index contributed by atoms with van der Waals surface area (Å²) in [6.07, 6.45) is 6.39. The van der Waals surface area contributed by atoms with Gasteiger partial charge in [0, 0.05) is 23.2 Å². The van der Waals surface area contributed by atoms with Crippen molar-refractivity contribution in [3.63, 3.8) is 0 Å². The highest BCUT2D eigenvalue weighted by molar-refractivity contribution is 5.88. The van der Waals surface area contributed by atoms with Crippen LogP contribution in [-0.4, -0.2) is 19.2 Å². The Bertz CT molecular complexity index is 1120. The Balaban J connectivity index is 2.06. The topological polar surface area (TPSA) is 35.1 Å². The summed E-state index contributed by atoms with van der Waals surface area (Å²) in [5, 5.41) is 5.97.